The number of cyclic esters (lactones) is 1. The van der Waals surface area contributed by atoms with Crippen molar-refractivity contribution >= 4 is 40.9 Å². The van der Waals surface area contributed by atoms with Gasteiger partial charge in [0.2, 0.25) is 11.1 Å². The standard InChI is InChI=1S/C19H20N6O3S/c1-11-13(12(2)25-17(20-11)22-18(23-25)29-3)10-16(26)21-14-6-4-5-7-15(14)24-8-9-28-19(24)27/h4-7H,8-10H2,1-3H3,(H,21,26). The van der Waals surface area contributed by atoms with Crippen LogP contribution in [0.1, 0.15) is 17.0 Å². The largest absolute Gasteiger partial charge is 0.447 e. The Hall–Kier alpha value is -3.14. The van der Waals surface area contributed by atoms with Crippen LogP contribution in [0.15, 0.2) is 29.4 Å². The second-order valence-electron chi connectivity index (χ2n) is 6.58. The zero-order valence-electron chi connectivity index (χ0n) is 16.3. The smallest absolute Gasteiger partial charge is 0.414 e. The van der Waals surface area contributed by atoms with Gasteiger partial charge < -0.3 is 10.1 Å². The summed E-state index contributed by atoms with van der Waals surface area (Å²) in [4.78, 5) is 35.1. The maximum absolute atomic E-state index is 12.8. The maximum atomic E-state index is 12.8. The number of aromatic nitrogens is 4. The molecule has 1 fully saturated rings. The van der Waals surface area contributed by atoms with Gasteiger partial charge in [0.25, 0.3) is 5.78 Å². The van der Waals surface area contributed by atoms with E-state index in [9.17, 15) is 9.59 Å². The van der Waals surface area contributed by atoms with Crippen molar-refractivity contribution in [3.05, 3.63) is 41.2 Å². The van der Waals surface area contributed by atoms with E-state index in [0.29, 0.717) is 35.5 Å². The molecular formula is C19H20N6O3S. The van der Waals surface area contributed by atoms with Crippen LogP contribution in [0.3, 0.4) is 0 Å². The Morgan fingerprint density at radius 1 is 1.28 bits per heavy atom. The number of carbonyl (C=O) groups is 2. The maximum Gasteiger partial charge on any atom is 0.414 e. The van der Waals surface area contributed by atoms with E-state index >= 15 is 0 Å². The SMILES string of the molecule is CSc1nc2nc(C)c(CC(=O)Nc3ccccc3N3CCOC3=O)c(C)n2n1. The molecule has 1 saturated heterocycles. The molecule has 29 heavy (non-hydrogen) atoms. The molecule has 4 rings (SSSR count). The quantitative estimate of drug-likeness (QED) is 0.643. The second-order valence-corrected chi connectivity index (χ2v) is 7.35. The number of hydrogen-bond donors (Lipinski definition) is 1. The molecule has 2 aromatic heterocycles. The number of nitrogens with zero attached hydrogens (tertiary/aromatic N) is 5. The van der Waals surface area contributed by atoms with Gasteiger partial charge in [-0.2, -0.15) is 4.98 Å². The summed E-state index contributed by atoms with van der Waals surface area (Å²) >= 11 is 1.44. The van der Waals surface area contributed by atoms with Crippen LogP contribution in [0.25, 0.3) is 5.78 Å². The van der Waals surface area contributed by atoms with Crippen LogP contribution >= 0.6 is 11.8 Å². The number of thioether (sulfide) groups is 1. The van der Waals surface area contributed by atoms with E-state index in [1.54, 1.807) is 16.6 Å². The number of fused-ring (bicyclic) bond motifs is 1. The van der Waals surface area contributed by atoms with Crippen LogP contribution in [-0.2, 0) is 16.0 Å². The molecule has 0 bridgehead atoms. The summed E-state index contributed by atoms with van der Waals surface area (Å²) in [6.45, 7) is 4.55. The molecule has 9 nitrogen and oxygen atoms in total. The van der Waals surface area contributed by atoms with Crippen LogP contribution in [0.2, 0.25) is 0 Å². The number of amides is 2. The Kier molecular flexibility index (Phi) is 5.10. The fraction of sp³-hybridized carbons (Fsp3) is 0.316. The van der Waals surface area contributed by atoms with E-state index in [4.69, 9.17) is 4.74 Å². The van der Waals surface area contributed by atoms with Crippen molar-refractivity contribution in [3.63, 3.8) is 0 Å². The number of rotatable bonds is 5. The van der Waals surface area contributed by atoms with Crippen LogP contribution in [-0.4, -0.2) is 51.0 Å². The van der Waals surface area contributed by atoms with Gasteiger partial charge in [0.05, 0.1) is 24.3 Å². The molecule has 10 heteroatoms. The van der Waals surface area contributed by atoms with Crippen molar-refractivity contribution in [1.82, 2.24) is 19.6 Å². The number of hydrogen-bond acceptors (Lipinski definition) is 7. The Morgan fingerprint density at radius 2 is 2.07 bits per heavy atom. The Morgan fingerprint density at radius 3 is 2.79 bits per heavy atom. The van der Waals surface area contributed by atoms with Gasteiger partial charge >= 0.3 is 6.09 Å². The first kappa shape index (κ1) is 19.2. The molecule has 150 valence electrons. The highest BCUT2D eigenvalue weighted by atomic mass is 32.2. The highest BCUT2D eigenvalue weighted by Crippen LogP contribution is 2.28. The lowest BCUT2D eigenvalue weighted by Crippen LogP contribution is -2.26. The predicted octanol–water partition coefficient (Wildman–Crippen LogP) is 2.60. The average Bonchev–Trinajstić information content (AvgIpc) is 3.31. The van der Waals surface area contributed by atoms with Crippen LogP contribution in [0.5, 0.6) is 0 Å². The Labute approximate surface area is 171 Å². The minimum atomic E-state index is -0.413. The molecule has 0 aliphatic carbocycles. The van der Waals surface area contributed by atoms with Gasteiger partial charge in [-0.3, -0.25) is 9.69 Å². The lowest BCUT2D eigenvalue weighted by Gasteiger charge is -2.18. The fourth-order valence-corrected chi connectivity index (χ4v) is 3.65. The zero-order valence-corrected chi connectivity index (χ0v) is 17.1. The third-order valence-corrected chi connectivity index (χ3v) is 5.32. The molecule has 3 heterocycles. The van der Waals surface area contributed by atoms with Gasteiger partial charge in [0.15, 0.2) is 0 Å². The third kappa shape index (κ3) is 3.63. The molecule has 1 N–H and O–H groups in total. The summed E-state index contributed by atoms with van der Waals surface area (Å²) in [5.74, 6) is 0.314. The number of carbonyl (C=O) groups excluding carboxylic acids is 2. The first-order chi connectivity index (χ1) is 14.0. The summed E-state index contributed by atoms with van der Waals surface area (Å²) in [7, 11) is 0. The topological polar surface area (TPSA) is 102 Å². The van der Waals surface area contributed by atoms with Crippen LogP contribution in [0, 0.1) is 13.8 Å². The Balaban J connectivity index is 1.59. The van der Waals surface area contributed by atoms with Crippen molar-refractivity contribution in [2.75, 3.05) is 29.6 Å². The minimum absolute atomic E-state index is 0.133. The molecular weight excluding hydrogens is 392 g/mol. The van der Waals surface area contributed by atoms with Crippen molar-refractivity contribution < 1.29 is 14.3 Å². The number of benzene rings is 1. The summed E-state index contributed by atoms with van der Waals surface area (Å²) in [6.07, 6.45) is 1.62. The number of aryl methyl sites for hydroxylation is 2. The van der Waals surface area contributed by atoms with Crippen LogP contribution in [0.4, 0.5) is 16.2 Å². The molecule has 2 amide bonds. The summed E-state index contributed by atoms with van der Waals surface area (Å²) in [5.41, 5.74) is 3.54. The second kappa shape index (κ2) is 7.70. The highest BCUT2D eigenvalue weighted by Gasteiger charge is 2.26. The summed E-state index contributed by atoms with van der Waals surface area (Å²) in [5, 5.41) is 7.96. The fourth-order valence-electron chi connectivity index (χ4n) is 3.31. The first-order valence-corrected chi connectivity index (χ1v) is 10.3. The van der Waals surface area contributed by atoms with Gasteiger partial charge in [0, 0.05) is 17.0 Å². The number of nitrogens with one attached hydrogen (secondary N) is 1. The van der Waals surface area contributed by atoms with Crippen molar-refractivity contribution in [2.45, 2.75) is 25.4 Å². The van der Waals surface area contributed by atoms with E-state index in [1.165, 1.54) is 16.7 Å². The minimum Gasteiger partial charge on any atom is -0.447 e. The molecule has 0 radical (unpaired) electrons. The summed E-state index contributed by atoms with van der Waals surface area (Å²) in [6, 6.07) is 7.18. The monoisotopic (exact) mass is 412 g/mol. The van der Waals surface area contributed by atoms with Crippen molar-refractivity contribution in [3.8, 4) is 0 Å². The zero-order chi connectivity index (χ0) is 20.5. The van der Waals surface area contributed by atoms with Gasteiger partial charge in [0.1, 0.15) is 6.61 Å². The molecule has 1 aliphatic rings. The lowest BCUT2D eigenvalue weighted by atomic mass is 10.1. The Bertz CT molecular complexity index is 1110. The molecule has 3 aromatic rings. The number of anilines is 2. The molecule has 0 saturated carbocycles. The van der Waals surface area contributed by atoms with E-state index in [-0.39, 0.29) is 12.3 Å². The van der Waals surface area contributed by atoms with Crippen LogP contribution < -0.4 is 10.2 Å². The van der Waals surface area contributed by atoms with Gasteiger partial charge in [-0.15, -0.1) is 5.10 Å². The lowest BCUT2D eigenvalue weighted by molar-refractivity contribution is -0.115. The van der Waals surface area contributed by atoms with Crippen molar-refractivity contribution in [2.24, 2.45) is 0 Å². The molecule has 0 atom stereocenters. The van der Waals surface area contributed by atoms with E-state index < -0.39 is 6.09 Å². The van der Waals surface area contributed by atoms with Gasteiger partial charge in [-0.05, 0) is 32.2 Å². The first-order valence-electron chi connectivity index (χ1n) is 9.08. The molecule has 1 aromatic carbocycles. The number of ether oxygens (including phenoxy) is 1. The molecule has 0 spiro atoms. The number of para-hydroxylation sites is 2. The molecule has 1 aliphatic heterocycles. The molecule has 0 unspecified atom stereocenters. The van der Waals surface area contributed by atoms with Gasteiger partial charge in [-0.1, -0.05) is 23.9 Å². The van der Waals surface area contributed by atoms with E-state index in [2.05, 4.69) is 20.4 Å². The predicted molar refractivity (Wildman–Crippen MR) is 110 cm³/mol. The summed E-state index contributed by atoms with van der Waals surface area (Å²) < 4.78 is 6.67. The van der Waals surface area contributed by atoms with E-state index in [1.807, 2.05) is 32.2 Å². The van der Waals surface area contributed by atoms with Gasteiger partial charge in [-0.25, -0.2) is 14.3 Å². The average molecular weight is 412 g/mol. The van der Waals surface area contributed by atoms with Crippen molar-refractivity contribution in [1.29, 1.82) is 0 Å². The van der Waals surface area contributed by atoms with E-state index in [0.717, 1.165) is 17.0 Å². The highest BCUT2D eigenvalue weighted by molar-refractivity contribution is 7.98. The normalized spacial score (nSPS) is 13.8. The third-order valence-electron chi connectivity index (χ3n) is 4.78.